The minimum atomic E-state index is -3.47. The number of hydrogen-bond acceptors (Lipinski definition) is 4. The average Bonchev–Trinajstić information content (AvgIpc) is 2.85. The molecule has 3 rings (SSSR count). The molecule has 0 radical (unpaired) electrons. The topological polar surface area (TPSA) is 67.4 Å². The summed E-state index contributed by atoms with van der Waals surface area (Å²) >= 11 is 0. The van der Waals surface area contributed by atoms with Gasteiger partial charge >= 0.3 is 0 Å². The Labute approximate surface area is 119 Å². The van der Waals surface area contributed by atoms with Crippen molar-refractivity contribution >= 4 is 15.7 Å². The predicted octanol–water partition coefficient (Wildman–Crippen LogP) is 1.50. The number of anilines is 1. The van der Waals surface area contributed by atoms with Gasteiger partial charge in [-0.1, -0.05) is 6.07 Å². The van der Waals surface area contributed by atoms with Gasteiger partial charge in [0, 0.05) is 25.9 Å². The van der Waals surface area contributed by atoms with Crippen LogP contribution in [0.2, 0.25) is 0 Å². The van der Waals surface area contributed by atoms with Crippen LogP contribution in [0, 0.1) is 0 Å². The van der Waals surface area contributed by atoms with Crippen LogP contribution in [0.25, 0.3) is 0 Å². The summed E-state index contributed by atoms with van der Waals surface area (Å²) in [5, 5.41) is 3.20. The normalized spacial score (nSPS) is 20.1. The van der Waals surface area contributed by atoms with Crippen molar-refractivity contribution < 1.29 is 13.2 Å². The molecule has 6 heteroatoms. The van der Waals surface area contributed by atoms with E-state index in [1.54, 1.807) is 19.2 Å². The Balaban J connectivity index is 1.75. The molecule has 0 unspecified atom stereocenters. The minimum absolute atomic E-state index is 0.304. The molecule has 0 atom stereocenters. The van der Waals surface area contributed by atoms with E-state index >= 15 is 0 Å². The lowest BCUT2D eigenvalue weighted by molar-refractivity contribution is -0.0659. The summed E-state index contributed by atoms with van der Waals surface area (Å²) in [4.78, 5) is 0.316. The van der Waals surface area contributed by atoms with Gasteiger partial charge in [0.05, 0.1) is 10.5 Å². The standard InChI is InChI=1S/C14H20N2O3S/c1-19-14(6-2-7-14)10-16-20(17,18)12-4-3-11-5-8-15-13(11)9-12/h3-4,9,15-16H,2,5-8,10H2,1H3. The zero-order valence-electron chi connectivity index (χ0n) is 11.6. The van der Waals surface area contributed by atoms with E-state index in [2.05, 4.69) is 10.0 Å². The van der Waals surface area contributed by atoms with Crippen molar-refractivity contribution in [2.24, 2.45) is 0 Å². The van der Waals surface area contributed by atoms with Crippen LogP contribution < -0.4 is 10.0 Å². The second-order valence-corrected chi connectivity index (χ2v) is 7.33. The highest BCUT2D eigenvalue weighted by atomic mass is 32.2. The fourth-order valence-corrected chi connectivity index (χ4v) is 3.91. The molecule has 1 aromatic rings. The fraction of sp³-hybridized carbons (Fsp3) is 0.571. The molecule has 5 nitrogen and oxygen atoms in total. The highest BCUT2D eigenvalue weighted by Crippen LogP contribution is 2.34. The Bertz CT molecular complexity index is 603. The van der Waals surface area contributed by atoms with E-state index in [1.165, 1.54) is 5.56 Å². The third-order valence-electron chi connectivity index (χ3n) is 4.38. The van der Waals surface area contributed by atoms with Crippen LogP contribution >= 0.6 is 0 Å². The van der Waals surface area contributed by atoms with Crippen LogP contribution in [0.5, 0.6) is 0 Å². The quantitative estimate of drug-likeness (QED) is 0.864. The molecule has 0 amide bonds. The Morgan fingerprint density at radius 3 is 2.85 bits per heavy atom. The third-order valence-corrected chi connectivity index (χ3v) is 5.78. The number of sulfonamides is 1. The van der Waals surface area contributed by atoms with Crippen molar-refractivity contribution in [3.05, 3.63) is 23.8 Å². The second kappa shape index (κ2) is 5.02. The number of nitrogens with one attached hydrogen (secondary N) is 2. The van der Waals surface area contributed by atoms with E-state index in [4.69, 9.17) is 4.74 Å². The highest BCUT2D eigenvalue weighted by Gasteiger charge is 2.38. The summed E-state index contributed by atoms with van der Waals surface area (Å²) < 4.78 is 32.8. The first-order valence-electron chi connectivity index (χ1n) is 6.96. The summed E-state index contributed by atoms with van der Waals surface area (Å²) in [6.07, 6.45) is 3.88. The van der Waals surface area contributed by atoms with Crippen molar-refractivity contribution in [3.63, 3.8) is 0 Å². The van der Waals surface area contributed by atoms with E-state index < -0.39 is 10.0 Å². The van der Waals surface area contributed by atoms with E-state index in [0.717, 1.165) is 37.9 Å². The lowest BCUT2D eigenvalue weighted by Gasteiger charge is -2.40. The predicted molar refractivity (Wildman–Crippen MR) is 77.4 cm³/mol. The largest absolute Gasteiger partial charge is 0.384 e. The molecule has 0 bridgehead atoms. The maximum absolute atomic E-state index is 12.3. The number of hydrogen-bond donors (Lipinski definition) is 2. The van der Waals surface area contributed by atoms with Gasteiger partial charge in [0.1, 0.15) is 0 Å². The van der Waals surface area contributed by atoms with Crippen molar-refractivity contribution in [1.82, 2.24) is 4.72 Å². The number of rotatable bonds is 5. The zero-order chi connectivity index (χ0) is 14.2. The number of benzene rings is 1. The molecule has 1 fully saturated rings. The summed E-state index contributed by atoms with van der Waals surface area (Å²) in [5.74, 6) is 0. The number of fused-ring (bicyclic) bond motifs is 1. The van der Waals surface area contributed by atoms with Crippen LogP contribution in [0.3, 0.4) is 0 Å². The molecule has 0 aromatic heterocycles. The number of methoxy groups -OCH3 is 1. The van der Waals surface area contributed by atoms with Crippen molar-refractivity contribution in [2.75, 3.05) is 25.5 Å². The molecule has 0 saturated heterocycles. The Morgan fingerprint density at radius 2 is 2.20 bits per heavy atom. The van der Waals surface area contributed by atoms with Crippen LogP contribution in [-0.2, 0) is 21.2 Å². The van der Waals surface area contributed by atoms with Gasteiger partial charge in [-0.25, -0.2) is 13.1 Å². The Kier molecular flexibility index (Phi) is 3.48. The van der Waals surface area contributed by atoms with Crippen LogP contribution in [0.15, 0.2) is 23.1 Å². The van der Waals surface area contributed by atoms with E-state index in [-0.39, 0.29) is 5.60 Å². The lowest BCUT2D eigenvalue weighted by Crippen LogP contribution is -2.49. The second-order valence-electron chi connectivity index (χ2n) is 5.56. The Morgan fingerprint density at radius 1 is 1.40 bits per heavy atom. The molecule has 2 N–H and O–H groups in total. The smallest absolute Gasteiger partial charge is 0.240 e. The maximum atomic E-state index is 12.3. The average molecular weight is 296 g/mol. The van der Waals surface area contributed by atoms with Crippen molar-refractivity contribution in [2.45, 2.75) is 36.2 Å². The first-order valence-corrected chi connectivity index (χ1v) is 8.45. The molecule has 0 spiro atoms. The van der Waals surface area contributed by atoms with Gasteiger partial charge in [-0.3, -0.25) is 0 Å². The fourth-order valence-electron chi connectivity index (χ4n) is 2.77. The molecule has 20 heavy (non-hydrogen) atoms. The van der Waals surface area contributed by atoms with Gasteiger partial charge in [0.25, 0.3) is 0 Å². The van der Waals surface area contributed by atoms with E-state index in [1.807, 2.05) is 6.07 Å². The SMILES string of the molecule is COC1(CNS(=O)(=O)c2ccc3c(c2)NCC3)CCC1. The summed E-state index contributed by atoms with van der Waals surface area (Å²) in [6, 6.07) is 5.28. The van der Waals surface area contributed by atoms with Gasteiger partial charge in [-0.05, 0) is 43.4 Å². The first-order chi connectivity index (χ1) is 9.55. The summed E-state index contributed by atoms with van der Waals surface area (Å²) in [5.41, 5.74) is 1.80. The molecule has 1 heterocycles. The van der Waals surface area contributed by atoms with Crippen LogP contribution in [0.4, 0.5) is 5.69 Å². The third kappa shape index (κ3) is 2.43. The zero-order valence-corrected chi connectivity index (χ0v) is 12.4. The highest BCUT2D eigenvalue weighted by molar-refractivity contribution is 7.89. The molecule has 1 aromatic carbocycles. The molecule has 1 saturated carbocycles. The molecule has 1 aliphatic carbocycles. The van der Waals surface area contributed by atoms with Gasteiger partial charge in [-0.2, -0.15) is 0 Å². The van der Waals surface area contributed by atoms with E-state index in [9.17, 15) is 8.42 Å². The lowest BCUT2D eigenvalue weighted by atomic mass is 9.80. The first kappa shape index (κ1) is 13.9. The molecule has 2 aliphatic rings. The van der Waals surface area contributed by atoms with Crippen LogP contribution in [-0.4, -0.2) is 34.2 Å². The maximum Gasteiger partial charge on any atom is 0.240 e. The van der Waals surface area contributed by atoms with Crippen LogP contribution in [0.1, 0.15) is 24.8 Å². The summed E-state index contributed by atoms with van der Waals surface area (Å²) in [6.45, 7) is 1.22. The number of ether oxygens (including phenoxy) is 1. The monoisotopic (exact) mass is 296 g/mol. The van der Waals surface area contributed by atoms with Crippen molar-refractivity contribution in [1.29, 1.82) is 0 Å². The molecular formula is C14H20N2O3S. The molecular weight excluding hydrogens is 276 g/mol. The Hall–Kier alpha value is -1.11. The van der Waals surface area contributed by atoms with Gasteiger partial charge in [0.15, 0.2) is 0 Å². The van der Waals surface area contributed by atoms with E-state index in [0.29, 0.717) is 11.4 Å². The van der Waals surface area contributed by atoms with Crippen molar-refractivity contribution in [3.8, 4) is 0 Å². The summed E-state index contributed by atoms with van der Waals surface area (Å²) in [7, 11) is -1.83. The molecule has 110 valence electrons. The molecule has 1 aliphatic heterocycles. The van der Waals surface area contributed by atoms with Gasteiger partial charge in [-0.15, -0.1) is 0 Å². The minimum Gasteiger partial charge on any atom is -0.384 e. The van der Waals surface area contributed by atoms with Gasteiger partial charge < -0.3 is 10.1 Å². The van der Waals surface area contributed by atoms with Gasteiger partial charge in [0.2, 0.25) is 10.0 Å².